The van der Waals surface area contributed by atoms with Crippen LogP contribution in [-0.4, -0.2) is 30.6 Å². The van der Waals surface area contributed by atoms with Crippen molar-refractivity contribution < 1.29 is 9.53 Å². The number of carbonyl (C=O) groups excluding carboxylic acids is 1. The number of ether oxygens (including phenoxy) is 1. The zero-order valence-electron chi connectivity index (χ0n) is 16.2. The first-order valence-corrected chi connectivity index (χ1v) is 8.97. The van der Waals surface area contributed by atoms with Crippen LogP contribution in [-0.2, 0) is 11.2 Å². The van der Waals surface area contributed by atoms with E-state index < -0.39 is 5.60 Å². The molecule has 24 heavy (non-hydrogen) atoms. The molecule has 0 aromatic heterocycles. The van der Waals surface area contributed by atoms with Crippen LogP contribution in [0, 0.1) is 27.7 Å². The maximum atomic E-state index is 12.7. The lowest BCUT2D eigenvalue weighted by molar-refractivity contribution is -0.136. The molecule has 1 unspecified atom stereocenters. The first-order chi connectivity index (χ1) is 11.2. The summed E-state index contributed by atoms with van der Waals surface area (Å²) in [5, 5.41) is 6.32. The lowest BCUT2D eigenvalue weighted by Crippen LogP contribution is -2.52. The third kappa shape index (κ3) is 3.59. The zero-order chi connectivity index (χ0) is 18.1. The molecule has 134 valence electrons. The molecule has 4 nitrogen and oxygen atoms in total. The van der Waals surface area contributed by atoms with E-state index in [0.717, 1.165) is 24.3 Å². The van der Waals surface area contributed by atoms with Gasteiger partial charge in [-0.05, 0) is 68.9 Å². The largest absolute Gasteiger partial charge is 0.477 e. The monoisotopic (exact) mass is 332 g/mol. The molecule has 1 heterocycles. The number of fused-ring (bicyclic) bond motifs is 1. The molecule has 0 saturated carbocycles. The van der Waals surface area contributed by atoms with Crippen LogP contribution in [0.25, 0.3) is 0 Å². The Kier molecular flexibility index (Phi) is 5.59. The number of benzene rings is 1. The molecule has 0 fully saturated rings. The van der Waals surface area contributed by atoms with Crippen molar-refractivity contribution in [3.8, 4) is 5.75 Å². The fourth-order valence-electron chi connectivity index (χ4n) is 3.32. The summed E-state index contributed by atoms with van der Waals surface area (Å²) in [5.74, 6) is 0.897. The molecule has 0 aliphatic carbocycles. The van der Waals surface area contributed by atoms with Gasteiger partial charge >= 0.3 is 0 Å². The van der Waals surface area contributed by atoms with Gasteiger partial charge in [0, 0.05) is 25.6 Å². The average molecular weight is 332 g/mol. The summed E-state index contributed by atoms with van der Waals surface area (Å²) >= 11 is 0. The van der Waals surface area contributed by atoms with E-state index in [-0.39, 0.29) is 5.91 Å². The van der Waals surface area contributed by atoms with E-state index in [4.69, 9.17) is 4.74 Å². The second kappa shape index (κ2) is 7.14. The van der Waals surface area contributed by atoms with Gasteiger partial charge < -0.3 is 15.4 Å². The Morgan fingerprint density at radius 2 is 1.71 bits per heavy atom. The van der Waals surface area contributed by atoms with Crippen molar-refractivity contribution in [1.29, 1.82) is 0 Å². The van der Waals surface area contributed by atoms with Gasteiger partial charge in [0.05, 0.1) is 0 Å². The van der Waals surface area contributed by atoms with Gasteiger partial charge in [0.15, 0.2) is 5.60 Å². The summed E-state index contributed by atoms with van der Waals surface area (Å²) < 4.78 is 6.27. The molecule has 1 aliphatic rings. The highest BCUT2D eigenvalue weighted by Gasteiger charge is 2.40. The lowest BCUT2D eigenvalue weighted by Gasteiger charge is -2.37. The molecule has 2 rings (SSSR count). The number of nitrogens with one attached hydrogen (secondary N) is 2. The van der Waals surface area contributed by atoms with Gasteiger partial charge in [-0.2, -0.15) is 0 Å². The Morgan fingerprint density at radius 3 is 2.33 bits per heavy atom. The average Bonchev–Trinajstić information content (AvgIpc) is 2.54. The minimum absolute atomic E-state index is 0.0195. The summed E-state index contributed by atoms with van der Waals surface area (Å²) in [4.78, 5) is 12.7. The second-order valence-corrected chi connectivity index (χ2v) is 7.51. The van der Waals surface area contributed by atoms with Gasteiger partial charge in [-0.1, -0.05) is 13.8 Å². The van der Waals surface area contributed by atoms with Crippen LogP contribution < -0.4 is 15.4 Å². The Hall–Kier alpha value is -1.55. The first kappa shape index (κ1) is 18.8. The van der Waals surface area contributed by atoms with E-state index in [1.54, 1.807) is 0 Å². The number of amides is 1. The minimum atomic E-state index is -0.788. The summed E-state index contributed by atoms with van der Waals surface area (Å²) in [6.07, 6.45) is 1.60. The molecule has 4 heteroatoms. The van der Waals surface area contributed by atoms with Crippen LogP contribution in [0.4, 0.5) is 0 Å². The quantitative estimate of drug-likeness (QED) is 0.815. The molecule has 1 aromatic carbocycles. The highest BCUT2D eigenvalue weighted by Crippen LogP contribution is 2.40. The Morgan fingerprint density at radius 1 is 1.08 bits per heavy atom. The molecule has 1 aromatic rings. The predicted molar refractivity (Wildman–Crippen MR) is 98.9 cm³/mol. The van der Waals surface area contributed by atoms with Gasteiger partial charge in [-0.25, -0.2) is 0 Å². The fourth-order valence-corrected chi connectivity index (χ4v) is 3.32. The van der Waals surface area contributed by atoms with Crippen molar-refractivity contribution in [2.24, 2.45) is 0 Å². The summed E-state index contributed by atoms with van der Waals surface area (Å²) in [6.45, 7) is 16.0. The third-order valence-electron chi connectivity index (χ3n) is 5.38. The number of carbonyl (C=O) groups is 1. The van der Waals surface area contributed by atoms with Gasteiger partial charge in [-0.15, -0.1) is 0 Å². The number of hydrogen-bond donors (Lipinski definition) is 2. The maximum Gasteiger partial charge on any atom is 0.263 e. The van der Waals surface area contributed by atoms with Crippen molar-refractivity contribution in [3.05, 3.63) is 27.8 Å². The van der Waals surface area contributed by atoms with E-state index in [0.29, 0.717) is 19.0 Å². The molecular formula is C20H32N2O2. The minimum Gasteiger partial charge on any atom is -0.477 e. The van der Waals surface area contributed by atoms with Crippen LogP contribution in [0.1, 0.15) is 55.0 Å². The van der Waals surface area contributed by atoms with E-state index >= 15 is 0 Å². The standard InChI is InChI=1S/C20H32N2O2/c1-12(2)21-10-11-22-19(23)20(7)9-8-17-15(5)13(3)14(4)16(6)18(17)24-20/h12,21H,8-11H2,1-7H3,(H,22,23). The van der Waals surface area contributed by atoms with Gasteiger partial charge in [0.25, 0.3) is 5.91 Å². The van der Waals surface area contributed by atoms with Crippen LogP contribution in [0.2, 0.25) is 0 Å². The van der Waals surface area contributed by atoms with Gasteiger partial charge in [-0.3, -0.25) is 4.79 Å². The normalized spacial score (nSPS) is 19.8. The smallest absolute Gasteiger partial charge is 0.263 e. The first-order valence-electron chi connectivity index (χ1n) is 8.97. The molecular weight excluding hydrogens is 300 g/mol. The van der Waals surface area contributed by atoms with Crippen LogP contribution >= 0.6 is 0 Å². The SMILES string of the molecule is Cc1c(C)c(C)c2c(c1C)CCC(C)(C(=O)NCCNC(C)C)O2. The van der Waals surface area contributed by atoms with Crippen molar-refractivity contribution in [2.45, 2.75) is 73.0 Å². The molecule has 0 spiro atoms. The maximum absolute atomic E-state index is 12.7. The second-order valence-electron chi connectivity index (χ2n) is 7.51. The molecule has 1 aliphatic heterocycles. The summed E-state index contributed by atoms with van der Waals surface area (Å²) in [7, 11) is 0. The fraction of sp³-hybridized carbons (Fsp3) is 0.650. The molecule has 2 N–H and O–H groups in total. The molecule has 0 saturated heterocycles. The van der Waals surface area contributed by atoms with E-state index in [2.05, 4.69) is 52.2 Å². The Balaban J connectivity index is 2.14. The molecule has 0 bridgehead atoms. The van der Waals surface area contributed by atoms with E-state index in [9.17, 15) is 4.79 Å². The van der Waals surface area contributed by atoms with Crippen LogP contribution in [0.15, 0.2) is 0 Å². The van der Waals surface area contributed by atoms with Gasteiger partial charge in [0.2, 0.25) is 0 Å². The molecule has 0 radical (unpaired) electrons. The van der Waals surface area contributed by atoms with Crippen molar-refractivity contribution in [3.63, 3.8) is 0 Å². The van der Waals surface area contributed by atoms with Crippen molar-refractivity contribution >= 4 is 5.91 Å². The predicted octanol–water partition coefficient (Wildman–Crippen LogP) is 3.12. The topological polar surface area (TPSA) is 50.4 Å². The van der Waals surface area contributed by atoms with Crippen LogP contribution in [0.5, 0.6) is 5.75 Å². The summed E-state index contributed by atoms with van der Waals surface area (Å²) in [6, 6.07) is 0.423. The molecule has 1 amide bonds. The lowest BCUT2D eigenvalue weighted by atomic mass is 9.85. The van der Waals surface area contributed by atoms with Crippen molar-refractivity contribution in [2.75, 3.05) is 13.1 Å². The summed E-state index contributed by atoms with van der Waals surface area (Å²) in [5.41, 5.74) is 5.54. The Labute approximate surface area is 146 Å². The highest BCUT2D eigenvalue weighted by molar-refractivity contribution is 5.85. The molecule has 1 atom stereocenters. The Bertz CT molecular complexity index is 637. The number of rotatable bonds is 5. The van der Waals surface area contributed by atoms with Gasteiger partial charge in [0.1, 0.15) is 5.75 Å². The van der Waals surface area contributed by atoms with Crippen LogP contribution in [0.3, 0.4) is 0 Å². The third-order valence-corrected chi connectivity index (χ3v) is 5.38. The number of hydrogen-bond acceptors (Lipinski definition) is 3. The van der Waals surface area contributed by atoms with Crippen molar-refractivity contribution in [1.82, 2.24) is 10.6 Å². The zero-order valence-corrected chi connectivity index (χ0v) is 16.2. The van der Waals surface area contributed by atoms with E-state index in [1.165, 1.54) is 22.3 Å². The highest BCUT2D eigenvalue weighted by atomic mass is 16.5. The van der Waals surface area contributed by atoms with E-state index in [1.807, 2.05) is 6.92 Å².